The molecule has 2 atom stereocenters. The highest BCUT2D eigenvalue weighted by atomic mass is 16.6. The number of aryl methyl sites for hydroxylation is 1. The molecule has 106 valence electrons. The van der Waals surface area contributed by atoms with E-state index in [4.69, 9.17) is 9.47 Å². The molecule has 0 aliphatic carbocycles. The summed E-state index contributed by atoms with van der Waals surface area (Å²) in [6, 6.07) is 3.74. The van der Waals surface area contributed by atoms with Crippen LogP contribution in [0.15, 0.2) is 12.1 Å². The van der Waals surface area contributed by atoms with Gasteiger partial charge in [-0.15, -0.1) is 0 Å². The minimum atomic E-state index is -1.06. The predicted molar refractivity (Wildman–Crippen MR) is 67.4 cm³/mol. The highest BCUT2D eigenvalue weighted by Gasteiger charge is 2.24. The van der Waals surface area contributed by atoms with E-state index in [-0.39, 0.29) is 6.61 Å². The molecule has 0 spiro atoms. The Morgan fingerprint density at radius 1 is 1.32 bits per heavy atom. The molecule has 6 heteroatoms. The molecule has 0 aliphatic rings. The van der Waals surface area contributed by atoms with E-state index in [1.807, 2.05) is 19.1 Å². The van der Waals surface area contributed by atoms with Crippen LogP contribution >= 0.6 is 0 Å². The number of aromatic amines is 1. The van der Waals surface area contributed by atoms with Crippen LogP contribution in [0.3, 0.4) is 0 Å². The summed E-state index contributed by atoms with van der Waals surface area (Å²) in [5.41, 5.74) is 1.82. The van der Waals surface area contributed by atoms with Crippen LogP contribution in [0.4, 0.5) is 0 Å². The second kappa shape index (κ2) is 6.94. The molecule has 0 saturated carbocycles. The van der Waals surface area contributed by atoms with E-state index < -0.39 is 24.1 Å². The first kappa shape index (κ1) is 15.2. The van der Waals surface area contributed by atoms with Crippen molar-refractivity contribution >= 4 is 11.9 Å². The Bertz CT molecular complexity index is 440. The maximum Gasteiger partial charge on any atom is 0.303 e. The molecule has 0 radical (unpaired) electrons. The third kappa shape index (κ3) is 5.56. The molecule has 1 aromatic heterocycles. The summed E-state index contributed by atoms with van der Waals surface area (Å²) < 4.78 is 9.78. The van der Waals surface area contributed by atoms with Crippen LogP contribution in [0.2, 0.25) is 0 Å². The van der Waals surface area contributed by atoms with Gasteiger partial charge >= 0.3 is 11.9 Å². The van der Waals surface area contributed by atoms with E-state index in [0.717, 1.165) is 11.4 Å². The summed E-state index contributed by atoms with van der Waals surface area (Å²) in [5.74, 6) is -0.980. The van der Waals surface area contributed by atoms with Crippen molar-refractivity contribution in [2.45, 2.75) is 39.4 Å². The zero-order chi connectivity index (χ0) is 14.4. The van der Waals surface area contributed by atoms with Crippen molar-refractivity contribution in [2.75, 3.05) is 6.61 Å². The van der Waals surface area contributed by atoms with E-state index in [2.05, 4.69) is 4.98 Å². The molecule has 0 amide bonds. The van der Waals surface area contributed by atoms with E-state index in [1.54, 1.807) is 0 Å². The lowest BCUT2D eigenvalue weighted by Crippen LogP contribution is -2.36. The van der Waals surface area contributed by atoms with Crippen molar-refractivity contribution < 1.29 is 24.2 Å². The normalized spacial score (nSPS) is 13.7. The van der Waals surface area contributed by atoms with Crippen LogP contribution in [-0.2, 0) is 25.5 Å². The Labute approximate surface area is 111 Å². The summed E-state index contributed by atoms with van der Waals surface area (Å²) in [6.07, 6.45) is -1.48. The molecule has 1 rings (SSSR count). The number of nitrogens with one attached hydrogen (secondary N) is 1. The monoisotopic (exact) mass is 269 g/mol. The molecule has 0 aromatic carbocycles. The minimum absolute atomic E-state index is 0.201. The first-order chi connectivity index (χ1) is 8.88. The number of ether oxygens (including phenoxy) is 2. The van der Waals surface area contributed by atoms with Gasteiger partial charge in [-0.1, -0.05) is 0 Å². The Balaban J connectivity index is 2.64. The van der Waals surface area contributed by atoms with Crippen molar-refractivity contribution in [3.63, 3.8) is 0 Å². The summed E-state index contributed by atoms with van der Waals surface area (Å²) >= 11 is 0. The SMILES string of the molecule is CC(=O)OCC(O)C(Cc1ccc(C)[nH]1)OC(C)=O. The number of esters is 2. The summed E-state index contributed by atoms with van der Waals surface area (Å²) in [7, 11) is 0. The van der Waals surface area contributed by atoms with Crippen LogP contribution in [-0.4, -0.2) is 40.8 Å². The van der Waals surface area contributed by atoms with Gasteiger partial charge in [-0.25, -0.2) is 0 Å². The summed E-state index contributed by atoms with van der Waals surface area (Å²) in [6.45, 7) is 4.22. The van der Waals surface area contributed by atoms with E-state index in [1.165, 1.54) is 13.8 Å². The van der Waals surface area contributed by atoms with Crippen molar-refractivity contribution in [1.82, 2.24) is 4.98 Å². The first-order valence-corrected chi connectivity index (χ1v) is 6.01. The van der Waals surface area contributed by atoms with Crippen LogP contribution in [0.5, 0.6) is 0 Å². The molecule has 19 heavy (non-hydrogen) atoms. The molecule has 6 nitrogen and oxygen atoms in total. The molecule has 1 aromatic rings. The second-order valence-electron chi connectivity index (χ2n) is 4.39. The Morgan fingerprint density at radius 2 is 2.00 bits per heavy atom. The fourth-order valence-corrected chi connectivity index (χ4v) is 1.68. The Hall–Kier alpha value is -1.82. The van der Waals surface area contributed by atoms with Gasteiger partial charge in [0.15, 0.2) is 0 Å². The van der Waals surface area contributed by atoms with Gasteiger partial charge in [0, 0.05) is 31.7 Å². The zero-order valence-electron chi connectivity index (χ0n) is 11.3. The number of hydrogen-bond donors (Lipinski definition) is 2. The number of aliphatic hydroxyl groups is 1. The zero-order valence-corrected chi connectivity index (χ0v) is 11.3. The van der Waals surface area contributed by atoms with Gasteiger partial charge in [0.2, 0.25) is 0 Å². The first-order valence-electron chi connectivity index (χ1n) is 6.01. The number of rotatable bonds is 6. The molecule has 0 aliphatic heterocycles. The molecule has 2 N–H and O–H groups in total. The fourth-order valence-electron chi connectivity index (χ4n) is 1.68. The molecule has 0 bridgehead atoms. The van der Waals surface area contributed by atoms with Crippen LogP contribution in [0, 0.1) is 6.92 Å². The lowest BCUT2D eigenvalue weighted by molar-refractivity contribution is -0.158. The van der Waals surface area contributed by atoms with Crippen LogP contribution in [0.25, 0.3) is 0 Å². The minimum Gasteiger partial charge on any atom is -0.463 e. The van der Waals surface area contributed by atoms with Crippen molar-refractivity contribution in [3.8, 4) is 0 Å². The number of aromatic nitrogens is 1. The number of H-pyrrole nitrogens is 1. The van der Waals surface area contributed by atoms with E-state index in [0.29, 0.717) is 6.42 Å². The summed E-state index contributed by atoms with van der Waals surface area (Å²) in [5, 5.41) is 9.91. The van der Waals surface area contributed by atoms with Gasteiger partial charge in [0.1, 0.15) is 18.8 Å². The average Bonchev–Trinajstić information content (AvgIpc) is 2.70. The smallest absolute Gasteiger partial charge is 0.303 e. The van der Waals surface area contributed by atoms with Crippen molar-refractivity contribution in [1.29, 1.82) is 0 Å². The lowest BCUT2D eigenvalue weighted by atomic mass is 10.1. The topological polar surface area (TPSA) is 88.6 Å². The fraction of sp³-hybridized carbons (Fsp3) is 0.538. The largest absolute Gasteiger partial charge is 0.463 e. The van der Waals surface area contributed by atoms with Gasteiger partial charge < -0.3 is 19.6 Å². The number of hydrogen-bond acceptors (Lipinski definition) is 5. The van der Waals surface area contributed by atoms with Gasteiger partial charge in [0.25, 0.3) is 0 Å². The Morgan fingerprint density at radius 3 is 2.47 bits per heavy atom. The average molecular weight is 269 g/mol. The summed E-state index contributed by atoms with van der Waals surface area (Å²) in [4.78, 5) is 24.8. The molecule has 0 fully saturated rings. The van der Waals surface area contributed by atoms with Crippen molar-refractivity contribution in [3.05, 3.63) is 23.5 Å². The van der Waals surface area contributed by atoms with Crippen molar-refractivity contribution in [2.24, 2.45) is 0 Å². The Kier molecular flexibility index (Phi) is 5.57. The van der Waals surface area contributed by atoms with Gasteiger partial charge in [-0.2, -0.15) is 0 Å². The van der Waals surface area contributed by atoms with Crippen LogP contribution < -0.4 is 0 Å². The number of aliphatic hydroxyl groups excluding tert-OH is 1. The molecular weight excluding hydrogens is 250 g/mol. The quantitative estimate of drug-likeness (QED) is 0.743. The van der Waals surface area contributed by atoms with Crippen LogP contribution in [0.1, 0.15) is 25.2 Å². The molecule has 1 heterocycles. The van der Waals surface area contributed by atoms with E-state index >= 15 is 0 Å². The highest BCUT2D eigenvalue weighted by Crippen LogP contribution is 2.11. The van der Waals surface area contributed by atoms with Gasteiger partial charge in [0.05, 0.1) is 0 Å². The third-order valence-electron chi connectivity index (χ3n) is 2.52. The van der Waals surface area contributed by atoms with E-state index in [9.17, 15) is 14.7 Å². The maximum absolute atomic E-state index is 11.0. The lowest BCUT2D eigenvalue weighted by Gasteiger charge is -2.21. The third-order valence-corrected chi connectivity index (χ3v) is 2.52. The predicted octanol–water partition coefficient (Wildman–Crippen LogP) is 0.721. The number of carbonyl (C=O) groups is 2. The van der Waals surface area contributed by atoms with Gasteiger partial charge in [-0.3, -0.25) is 9.59 Å². The molecule has 0 saturated heterocycles. The second-order valence-corrected chi connectivity index (χ2v) is 4.39. The molecule has 2 unspecified atom stereocenters. The standard InChI is InChI=1S/C13H19NO5/c1-8-4-5-11(14-8)6-13(19-10(3)16)12(17)7-18-9(2)15/h4-5,12-14,17H,6-7H2,1-3H3. The molecular formula is C13H19NO5. The highest BCUT2D eigenvalue weighted by molar-refractivity contribution is 5.66. The number of carbonyl (C=O) groups excluding carboxylic acids is 2. The maximum atomic E-state index is 11.0. The van der Waals surface area contributed by atoms with Gasteiger partial charge in [-0.05, 0) is 19.1 Å².